The lowest BCUT2D eigenvalue weighted by atomic mass is 10.3. The molecule has 2 amide bonds. The van der Waals surface area contributed by atoms with Crippen molar-refractivity contribution in [2.24, 2.45) is 0 Å². The number of carbonyl (C=O) groups excluding carboxylic acids is 2. The van der Waals surface area contributed by atoms with Crippen molar-refractivity contribution in [3.63, 3.8) is 0 Å². The van der Waals surface area contributed by atoms with E-state index in [9.17, 15) is 14.4 Å². The van der Waals surface area contributed by atoms with E-state index in [1.165, 1.54) is 40.9 Å². The fourth-order valence-electron chi connectivity index (χ4n) is 2.60. The van der Waals surface area contributed by atoms with E-state index in [0.29, 0.717) is 11.7 Å². The van der Waals surface area contributed by atoms with Gasteiger partial charge in [0, 0.05) is 23.6 Å². The molecule has 0 bridgehead atoms. The lowest BCUT2D eigenvalue weighted by molar-refractivity contribution is -0.119. The van der Waals surface area contributed by atoms with E-state index in [1.54, 1.807) is 0 Å². The smallest absolute Gasteiger partial charge is 0.387 e. The van der Waals surface area contributed by atoms with Crippen molar-refractivity contribution in [3.8, 4) is 21.3 Å². The van der Waals surface area contributed by atoms with E-state index in [1.807, 2.05) is 35.0 Å². The SMILES string of the molecule is CC(=O)NCc1ccc(-c2csc(NC(=O)CCn3nc(-c4cccs4)oc3=O)n2)s1. The van der Waals surface area contributed by atoms with Crippen molar-refractivity contribution < 1.29 is 14.0 Å². The van der Waals surface area contributed by atoms with Gasteiger partial charge in [-0.2, -0.15) is 4.68 Å². The molecule has 4 aromatic rings. The molecular weight excluding hydrogens is 458 g/mol. The summed E-state index contributed by atoms with van der Waals surface area (Å²) < 4.78 is 6.28. The van der Waals surface area contributed by atoms with Crippen LogP contribution in [0.25, 0.3) is 21.3 Å². The molecule has 4 aromatic heterocycles. The van der Waals surface area contributed by atoms with Crippen LogP contribution in [0.2, 0.25) is 0 Å². The van der Waals surface area contributed by atoms with Crippen LogP contribution >= 0.6 is 34.0 Å². The van der Waals surface area contributed by atoms with Gasteiger partial charge < -0.3 is 15.1 Å². The van der Waals surface area contributed by atoms with E-state index < -0.39 is 5.76 Å². The second kappa shape index (κ2) is 9.37. The van der Waals surface area contributed by atoms with Crippen molar-refractivity contribution in [1.29, 1.82) is 0 Å². The average molecular weight is 476 g/mol. The number of hydrogen-bond donors (Lipinski definition) is 2. The van der Waals surface area contributed by atoms with Gasteiger partial charge in [-0.1, -0.05) is 6.07 Å². The highest BCUT2D eigenvalue weighted by atomic mass is 32.1. The number of amides is 2. The van der Waals surface area contributed by atoms with E-state index in [2.05, 4.69) is 20.7 Å². The normalized spacial score (nSPS) is 10.9. The molecule has 0 saturated carbocycles. The number of rotatable bonds is 8. The van der Waals surface area contributed by atoms with Crippen LogP contribution < -0.4 is 16.4 Å². The lowest BCUT2D eigenvalue weighted by Crippen LogP contribution is -2.20. The van der Waals surface area contributed by atoms with Gasteiger partial charge in [0.05, 0.1) is 28.5 Å². The Balaban J connectivity index is 1.32. The summed E-state index contributed by atoms with van der Waals surface area (Å²) in [6.45, 7) is 2.06. The maximum atomic E-state index is 12.3. The molecule has 160 valence electrons. The van der Waals surface area contributed by atoms with Crippen LogP contribution in [0.4, 0.5) is 5.13 Å². The molecule has 0 aliphatic carbocycles. The van der Waals surface area contributed by atoms with E-state index >= 15 is 0 Å². The topological polar surface area (TPSA) is 119 Å². The van der Waals surface area contributed by atoms with Gasteiger partial charge in [-0.25, -0.2) is 9.78 Å². The summed E-state index contributed by atoms with van der Waals surface area (Å²) in [6, 6.07) is 7.52. The first-order valence-electron chi connectivity index (χ1n) is 9.18. The number of anilines is 1. The van der Waals surface area contributed by atoms with E-state index in [4.69, 9.17) is 4.42 Å². The fraction of sp³-hybridized carbons (Fsp3) is 0.211. The molecule has 0 aliphatic heterocycles. The number of nitrogens with zero attached hydrogens (tertiary/aromatic N) is 3. The van der Waals surface area contributed by atoms with Crippen molar-refractivity contribution in [3.05, 3.63) is 50.5 Å². The average Bonchev–Trinajstić information content (AvgIpc) is 3.51. The van der Waals surface area contributed by atoms with Crippen molar-refractivity contribution in [2.45, 2.75) is 26.4 Å². The van der Waals surface area contributed by atoms with Gasteiger partial charge in [0.25, 0.3) is 5.89 Å². The van der Waals surface area contributed by atoms with Gasteiger partial charge in [-0.3, -0.25) is 9.59 Å². The first-order chi connectivity index (χ1) is 15.0. The Labute approximate surface area is 188 Å². The molecule has 12 heteroatoms. The largest absolute Gasteiger partial charge is 0.437 e. The molecule has 0 aliphatic rings. The van der Waals surface area contributed by atoms with Crippen LogP contribution in [0.3, 0.4) is 0 Å². The fourth-order valence-corrected chi connectivity index (χ4v) is 4.96. The number of carbonyl (C=O) groups is 2. The van der Waals surface area contributed by atoms with Crippen molar-refractivity contribution in [2.75, 3.05) is 5.32 Å². The van der Waals surface area contributed by atoms with Crippen molar-refractivity contribution >= 4 is 51.0 Å². The maximum Gasteiger partial charge on any atom is 0.437 e. The minimum Gasteiger partial charge on any atom is -0.387 e. The number of aromatic nitrogens is 3. The first-order valence-corrected chi connectivity index (χ1v) is 11.8. The summed E-state index contributed by atoms with van der Waals surface area (Å²) in [4.78, 5) is 42.4. The molecule has 4 heterocycles. The zero-order valence-corrected chi connectivity index (χ0v) is 18.7. The van der Waals surface area contributed by atoms with Crippen LogP contribution in [0.5, 0.6) is 0 Å². The summed E-state index contributed by atoms with van der Waals surface area (Å²) in [5, 5.41) is 13.8. The number of aryl methyl sites for hydroxylation is 1. The molecule has 0 unspecified atom stereocenters. The highest BCUT2D eigenvalue weighted by molar-refractivity contribution is 7.17. The van der Waals surface area contributed by atoms with Crippen LogP contribution in [0.1, 0.15) is 18.2 Å². The zero-order valence-electron chi connectivity index (χ0n) is 16.3. The minimum atomic E-state index is -0.597. The van der Waals surface area contributed by atoms with Gasteiger partial charge in [-0.15, -0.1) is 39.1 Å². The van der Waals surface area contributed by atoms with Gasteiger partial charge >= 0.3 is 5.76 Å². The minimum absolute atomic E-state index is 0.0606. The molecule has 31 heavy (non-hydrogen) atoms. The Hall–Kier alpha value is -3.09. The van der Waals surface area contributed by atoms with Gasteiger partial charge in [0.2, 0.25) is 11.8 Å². The summed E-state index contributed by atoms with van der Waals surface area (Å²) in [7, 11) is 0. The number of hydrogen-bond acceptors (Lipinski definition) is 9. The number of thiazole rings is 1. The predicted molar refractivity (Wildman–Crippen MR) is 120 cm³/mol. The number of thiophene rings is 2. The first kappa shape index (κ1) is 21.2. The standard InChI is InChI=1S/C19H17N5O4S3/c1-11(25)20-9-12-4-5-14(31-12)13-10-30-18(21-13)22-16(26)6-7-24-19(27)28-17(23-24)15-3-2-8-29-15/h2-5,8,10H,6-7,9H2,1H3,(H,20,25)(H,21,22,26). The molecular formula is C19H17N5O4S3. The van der Waals surface area contributed by atoms with Crippen LogP contribution in [-0.4, -0.2) is 26.6 Å². The van der Waals surface area contributed by atoms with E-state index in [0.717, 1.165) is 25.0 Å². The summed E-state index contributed by atoms with van der Waals surface area (Å²) in [5.41, 5.74) is 0.757. The highest BCUT2D eigenvalue weighted by Crippen LogP contribution is 2.30. The van der Waals surface area contributed by atoms with Crippen LogP contribution in [-0.2, 0) is 22.7 Å². The molecule has 0 aromatic carbocycles. The second-order valence-corrected chi connectivity index (χ2v) is 9.36. The van der Waals surface area contributed by atoms with Crippen molar-refractivity contribution in [1.82, 2.24) is 20.1 Å². The van der Waals surface area contributed by atoms with Gasteiger partial charge in [0.1, 0.15) is 0 Å². The summed E-state index contributed by atoms with van der Waals surface area (Å²) in [5.74, 6) is -0.700. The third-order valence-corrected chi connectivity index (χ3v) is 6.79. The number of nitrogens with one attached hydrogen (secondary N) is 2. The molecule has 4 rings (SSSR count). The van der Waals surface area contributed by atoms with Crippen LogP contribution in [0, 0.1) is 0 Å². The Morgan fingerprint density at radius 3 is 2.84 bits per heavy atom. The quantitative estimate of drug-likeness (QED) is 0.403. The molecule has 2 N–H and O–H groups in total. The molecule has 0 fully saturated rings. The monoisotopic (exact) mass is 475 g/mol. The Morgan fingerprint density at radius 1 is 1.19 bits per heavy atom. The maximum absolute atomic E-state index is 12.3. The van der Waals surface area contributed by atoms with E-state index in [-0.39, 0.29) is 30.7 Å². The zero-order chi connectivity index (χ0) is 21.8. The Bertz CT molecular complexity index is 1250. The van der Waals surface area contributed by atoms with Crippen LogP contribution in [0.15, 0.2) is 44.2 Å². The van der Waals surface area contributed by atoms with Gasteiger partial charge in [0.15, 0.2) is 5.13 Å². The lowest BCUT2D eigenvalue weighted by Gasteiger charge is -2.00. The third kappa shape index (κ3) is 5.34. The Kier molecular flexibility index (Phi) is 6.39. The summed E-state index contributed by atoms with van der Waals surface area (Å²) >= 11 is 4.27. The third-order valence-electron chi connectivity index (χ3n) is 4.07. The molecule has 0 radical (unpaired) electrons. The molecule has 0 saturated heterocycles. The molecule has 0 atom stereocenters. The predicted octanol–water partition coefficient (Wildman–Crippen LogP) is 3.41. The second-order valence-electron chi connectivity index (χ2n) is 6.39. The summed E-state index contributed by atoms with van der Waals surface area (Å²) in [6.07, 6.45) is 0.0606. The Morgan fingerprint density at radius 2 is 2.06 bits per heavy atom. The molecule has 0 spiro atoms. The highest BCUT2D eigenvalue weighted by Gasteiger charge is 2.14. The van der Waals surface area contributed by atoms with Gasteiger partial charge in [-0.05, 0) is 23.6 Å². The molecule has 9 nitrogen and oxygen atoms in total.